The number of fused-ring (bicyclic) bond motifs is 1. The summed E-state index contributed by atoms with van der Waals surface area (Å²) in [6, 6.07) is 0. The maximum atomic E-state index is 14.3. The minimum atomic E-state index is -1.86. The van der Waals surface area contributed by atoms with Crippen LogP contribution in [0.15, 0.2) is 12.5 Å². The molecule has 2 aromatic heterocycles. The predicted octanol–water partition coefficient (Wildman–Crippen LogP) is -1.80. The molecule has 0 saturated carbocycles. The van der Waals surface area contributed by atoms with Crippen LogP contribution in [0.25, 0.3) is 5.65 Å². The number of alkyl halides is 1. The van der Waals surface area contributed by atoms with Crippen LogP contribution >= 0.6 is 0 Å². The lowest BCUT2D eigenvalue weighted by Crippen LogP contribution is -2.48. The topological polar surface area (TPSA) is 139 Å². The highest BCUT2D eigenvalue weighted by Crippen LogP contribution is 2.41. The second-order valence-corrected chi connectivity index (χ2v) is 4.87. The first-order valence-corrected chi connectivity index (χ1v) is 6.20. The standard InChI is InChI=1S/C11H14FN5O4/c12-6-7(21-11(2-18,3-19)8(6)20)5-1-14-10-9(13)15-4-16-17(5)10/h1,4,6-8,18-20H,2-3H2,(H2,13,15,16). The molecular weight excluding hydrogens is 285 g/mol. The van der Waals surface area contributed by atoms with E-state index in [1.54, 1.807) is 0 Å². The molecule has 0 spiro atoms. The van der Waals surface area contributed by atoms with Gasteiger partial charge >= 0.3 is 0 Å². The fraction of sp³-hybridized carbons (Fsp3) is 0.545. The van der Waals surface area contributed by atoms with Crippen molar-refractivity contribution in [2.24, 2.45) is 0 Å². The highest BCUT2D eigenvalue weighted by Gasteiger charge is 2.56. The number of nitrogen functional groups attached to an aromatic ring is 1. The van der Waals surface area contributed by atoms with E-state index in [0.717, 1.165) is 0 Å². The summed E-state index contributed by atoms with van der Waals surface area (Å²) in [5.74, 6) is 0.112. The molecule has 0 amide bonds. The van der Waals surface area contributed by atoms with Gasteiger partial charge in [-0.1, -0.05) is 0 Å². The van der Waals surface area contributed by atoms with Gasteiger partial charge < -0.3 is 25.8 Å². The van der Waals surface area contributed by atoms with E-state index >= 15 is 0 Å². The summed E-state index contributed by atoms with van der Waals surface area (Å²) < 4.78 is 21.0. The summed E-state index contributed by atoms with van der Waals surface area (Å²) in [6.45, 7) is -1.45. The van der Waals surface area contributed by atoms with Gasteiger partial charge in [0.2, 0.25) is 0 Å². The Morgan fingerprint density at radius 1 is 1.38 bits per heavy atom. The second kappa shape index (κ2) is 4.84. The van der Waals surface area contributed by atoms with E-state index in [9.17, 15) is 19.7 Å². The lowest BCUT2D eigenvalue weighted by Gasteiger charge is -2.27. The second-order valence-electron chi connectivity index (χ2n) is 4.87. The third-order valence-corrected chi connectivity index (χ3v) is 3.68. The van der Waals surface area contributed by atoms with Gasteiger partial charge in [-0.25, -0.2) is 18.9 Å². The summed E-state index contributed by atoms with van der Waals surface area (Å²) in [6.07, 6.45) is -2.31. The first-order valence-electron chi connectivity index (χ1n) is 6.20. The van der Waals surface area contributed by atoms with Gasteiger partial charge in [0.15, 0.2) is 17.6 Å². The van der Waals surface area contributed by atoms with Crippen molar-refractivity contribution in [2.75, 3.05) is 18.9 Å². The van der Waals surface area contributed by atoms with E-state index < -0.39 is 37.2 Å². The van der Waals surface area contributed by atoms with Crippen molar-refractivity contribution >= 4 is 11.5 Å². The quantitative estimate of drug-likeness (QED) is 0.520. The molecule has 21 heavy (non-hydrogen) atoms. The van der Waals surface area contributed by atoms with Crippen molar-refractivity contribution in [3.63, 3.8) is 0 Å². The Labute approximate surface area is 117 Å². The van der Waals surface area contributed by atoms with Crippen molar-refractivity contribution in [1.82, 2.24) is 19.6 Å². The Hall–Kier alpha value is -1.88. The molecule has 0 aliphatic carbocycles. The zero-order valence-corrected chi connectivity index (χ0v) is 10.8. The SMILES string of the molecule is Nc1ncnn2c(C3OC(CO)(CO)C(O)C3F)cnc12. The zero-order valence-electron chi connectivity index (χ0n) is 10.8. The van der Waals surface area contributed by atoms with Crippen LogP contribution < -0.4 is 5.73 Å². The van der Waals surface area contributed by atoms with Gasteiger partial charge in [0.05, 0.1) is 25.1 Å². The highest BCUT2D eigenvalue weighted by molar-refractivity contribution is 5.58. The normalized spacial score (nSPS) is 28.3. The number of halogens is 1. The molecule has 0 aromatic carbocycles. The van der Waals surface area contributed by atoms with Gasteiger partial charge in [-0.15, -0.1) is 0 Å². The monoisotopic (exact) mass is 299 g/mol. The zero-order chi connectivity index (χ0) is 15.2. The molecule has 1 aliphatic rings. The van der Waals surface area contributed by atoms with Crippen LogP contribution in [0.4, 0.5) is 10.2 Å². The number of aliphatic hydroxyl groups is 3. The Kier molecular flexibility index (Phi) is 3.24. The molecular formula is C11H14FN5O4. The van der Waals surface area contributed by atoms with Crippen LogP contribution in [0.2, 0.25) is 0 Å². The average molecular weight is 299 g/mol. The van der Waals surface area contributed by atoms with Crippen LogP contribution in [0.3, 0.4) is 0 Å². The van der Waals surface area contributed by atoms with Gasteiger partial charge in [-0.3, -0.25) is 0 Å². The Bertz CT molecular complexity index is 661. The van der Waals surface area contributed by atoms with Crippen molar-refractivity contribution in [1.29, 1.82) is 0 Å². The summed E-state index contributed by atoms with van der Waals surface area (Å²) >= 11 is 0. The number of aliphatic hydroxyl groups excluding tert-OH is 3. The number of anilines is 1. The number of hydrogen-bond acceptors (Lipinski definition) is 8. The largest absolute Gasteiger partial charge is 0.393 e. The van der Waals surface area contributed by atoms with E-state index in [4.69, 9.17) is 10.5 Å². The van der Waals surface area contributed by atoms with Crippen LogP contribution in [0.5, 0.6) is 0 Å². The maximum Gasteiger partial charge on any atom is 0.196 e. The van der Waals surface area contributed by atoms with Gasteiger partial charge in [-0.2, -0.15) is 5.10 Å². The van der Waals surface area contributed by atoms with E-state index in [-0.39, 0.29) is 17.2 Å². The van der Waals surface area contributed by atoms with E-state index in [2.05, 4.69) is 15.1 Å². The number of hydrogen-bond donors (Lipinski definition) is 4. The highest BCUT2D eigenvalue weighted by atomic mass is 19.1. The molecule has 1 fully saturated rings. The Morgan fingerprint density at radius 3 is 2.71 bits per heavy atom. The van der Waals surface area contributed by atoms with Crippen molar-refractivity contribution < 1.29 is 24.4 Å². The predicted molar refractivity (Wildman–Crippen MR) is 66.8 cm³/mol. The number of imidazole rings is 1. The third-order valence-electron chi connectivity index (χ3n) is 3.68. The number of ether oxygens (including phenoxy) is 1. The molecule has 1 saturated heterocycles. The number of rotatable bonds is 3. The van der Waals surface area contributed by atoms with Gasteiger partial charge in [0.25, 0.3) is 0 Å². The van der Waals surface area contributed by atoms with Crippen LogP contribution in [0, 0.1) is 0 Å². The molecule has 0 bridgehead atoms. The minimum Gasteiger partial charge on any atom is -0.393 e. The van der Waals surface area contributed by atoms with Crippen molar-refractivity contribution in [3.05, 3.63) is 18.2 Å². The van der Waals surface area contributed by atoms with E-state index in [1.807, 2.05) is 0 Å². The fourth-order valence-corrected chi connectivity index (χ4v) is 2.42. The van der Waals surface area contributed by atoms with E-state index in [1.165, 1.54) is 17.0 Å². The molecule has 3 rings (SSSR count). The molecule has 3 unspecified atom stereocenters. The third kappa shape index (κ3) is 1.87. The summed E-state index contributed by atoms with van der Waals surface area (Å²) in [4.78, 5) is 7.74. The first kappa shape index (κ1) is 14.1. The van der Waals surface area contributed by atoms with Gasteiger partial charge in [0.1, 0.15) is 24.1 Å². The maximum absolute atomic E-state index is 14.3. The molecule has 0 radical (unpaired) electrons. The summed E-state index contributed by atoms with van der Waals surface area (Å²) in [5, 5.41) is 32.4. The van der Waals surface area contributed by atoms with Crippen molar-refractivity contribution in [2.45, 2.75) is 24.0 Å². The molecule has 3 heterocycles. The molecule has 1 aliphatic heterocycles. The van der Waals surface area contributed by atoms with Gasteiger partial charge in [-0.05, 0) is 0 Å². The molecule has 114 valence electrons. The molecule has 5 N–H and O–H groups in total. The average Bonchev–Trinajstić information content (AvgIpc) is 3.02. The Morgan fingerprint density at radius 2 is 2.10 bits per heavy atom. The summed E-state index contributed by atoms with van der Waals surface area (Å²) in [5.41, 5.74) is 4.29. The fourth-order valence-electron chi connectivity index (χ4n) is 2.42. The van der Waals surface area contributed by atoms with Crippen LogP contribution in [-0.4, -0.2) is 66.0 Å². The molecule has 10 heteroatoms. The smallest absolute Gasteiger partial charge is 0.196 e. The lowest BCUT2D eigenvalue weighted by molar-refractivity contribution is -0.137. The van der Waals surface area contributed by atoms with Crippen molar-refractivity contribution in [3.8, 4) is 0 Å². The Balaban J connectivity index is 2.06. The molecule has 3 atom stereocenters. The van der Waals surface area contributed by atoms with Gasteiger partial charge in [0, 0.05) is 0 Å². The minimum absolute atomic E-state index is 0.112. The van der Waals surface area contributed by atoms with Crippen LogP contribution in [0.1, 0.15) is 11.8 Å². The molecule has 9 nitrogen and oxygen atoms in total. The first-order chi connectivity index (χ1) is 10.0. The number of nitrogens with two attached hydrogens (primary N) is 1. The number of nitrogens with zero attached hydrogens (tertiary/aromatic N) is 4. The van der Waals surface area contributed by atoms with Crippen LogP contribution in [-0.2, 0) is 4.74 Å². The summed E-state index contributed by atoms with van der Waals surface area (Å²) in [7, 11) is 0. The van der Waals surface area contributed by atoms with E-state index in [0.29, 0.717) is 0 Å². The number of aromatic nitrogens is 4. The lowest BCUT2D eigenvalue weighted by atomic mass is 9.96. The molecule has 2 aromatic rings.